The van der Waals surface area contributed by atoms with E-state index in [1.807, 2.05) is 18.2 Å². The molecule has 2 aromatic rings. The van der Waals surface area contributed by atoms with Crippen molar-refractivity contribution < 1.29 is 39.3 Å². The summed E-state index contributed by atoms with van der Waals surface area (Å²) in [5.41, 5.74) is 7.23. The molecule has 5 unspecified atom stereocenters. The number of hydrogen-bond donors (Lipinski definition) is 7. The van der Waals surface area contributed by atoms with Crippen molar-refractivity contribution >= 4 is 40.6 Å². The van der Waals surface area contributed by atoms with Gasteiger partial charge >= 0.3 is 11.9 Å². The van der Waals surface area contributed by atoms with Gasteiger partial charge in [0.1, 0.15) is 24.2 Å². The number of likely N-dealkylation sites (tertiary alicyclic amines) is 1. The summed E-state index contributed by atoms with van der Waals surface area (Å²) in [4.78, 5) is 66.0. The van der Waals surface area contributed by atoms with Gasteiger partial charge in [-0.1, -0.05) is 18.2 Å². The van der Waals surface area contributed by atoms with Crippen molar-refractivity contribution in [2.45, 2.75) is 62.9 Å². The molecule has 0 radical (unpaired) electrons. The Morgan fingerprint density at radius 1 is 1.14 bits per heavy atom. The first-order valence-corrected chi connectivity index (χ1v) is 11.8. The van der Waals surface area contributed by atoms with Gasteiger partial charge in [-0.25, -0.2) is 4.79 Å². The standard InChI is InChI=1S/C24H31N5O8/c1-12(30)20(25)23(35)29-8-4-7-18(29)22(34)27-16(21(33)28-17(24(36)37)10-19(31)32)9-13-11-26-15-6-3-2-5-14(13)15/h2-3,5-6,11-12,16-18,20,26,30H,4,7-10,25H2,1H3,(H,27,34)(H,28,33)(H,31,32)(H,36,37). The molecule has 0 aliphatic carbocycles. The summed E-state index contributed by atoms with van der Waals surface area (Å²) in [6, 6.07) is 2.13. The molecule has 3 amide bonds. The molecule has 13 heteroatoms. The maximum Gasteiger partial charge on any atom is 0.326 e. The molecule has 0 bridgehead atoms. The fraction of sp³-hybridized carbons (Fsp3) is 0.458. The number of para-hydroxylation sites is 1. The molecule has 1 aromatic carbocycles. The van der Waals surface area contributed by atoms with Crippen LogP contribution in [0.2, 0.25) is 0 Å². The van der Waals surface area contributed by atoms with Gasteiger partial charge in [0.2, 0.25) is 17.7 Å². The van der Waals surface area contributed by atoms with E-state index in [0.29, 0.717) is 18.4 Å². The number of hydrogen-bond acceptors (Lipinski definition) is 7. The Morgan fingerprint density at radius 3 is 2.49 bits per heavy atom. The van der Waals surface area contributed by atoms with Crippen LogP contribution in [0.1, 0.15) is 31.7 Å². The van der Waals surface area contributed by atoms with Crippen molar-refractivity contribution in [3.8, 4) is 0 Å². The number of H-pyrrole nitrogens is 1. The molecule has 8 N–H and O–H groups in total. The number of fused-ring (bicyclic) bond motifs is 1. The number of aromatic nitrogens is 1. The third-order valence-corrected chi connectivity index (χ3v) is 6.37. The lowest BCUT2D eigenvalue weighted by Gasteiger charge is -2.29. The Kier molecular flexibility index (Phi) is 8.84. The number of nitrogens with two attached hydrogens (primary N) is 1. The van der Waals surface area contributed by atoms with Crippen LogP contribution >= 0.6 is 0 Å². The molecular weight excluding hydrogens is 486 g/mol. The van der Waals surface area contributed by atoms with Gasteiger partial charge in [0, 0.05) is 30.1 Å². The number of aliphatic hydroxyl groups excluding tert-OH is 1. The molecule has 0 saturated carbocycles. The van der Waals surface area contributed by atoms with Gasteiger partial charge < -0.3 is 41.6 Å². The molecule has 0 spiro atoms. The molecule has 200 valence electrons. The van der Waals surface area contributed by atoms with Gasteiger partial charge in [-0.3, -0.25) is 19.2 Å². The van der Waals surface area contributed by atoms with Crippen LogP contribution < -0.4 is 16.4 Å². The van der Waals surface area contributed by atoms with Gasteiger partial charge in [0.05, 0.1) is 12.5 Å². The number of rotatable bonds is 11. The van der Waals surface area contributed by atoms with E-state index in [1.54, 1.807) is 12.3 Å². The molecule has 37 heavy (non-hydrogen) atoms. The van der Waals surface area contributed by atoms with Gasteiger partial charge in [0.15, 0.2) is 0 Å². The molecule has 1 saturated heterocycles. The maximum atomic E-state index is 13.3. The van der Waals surface area contributed by atoms with Crippen LogP contribution in [0.15, 0.2) is 30.5 Å². The Hall–Kier alpha value is -3.97. The molecule has 5 atom stereocenters. The normalized spacial score (nSPS) is 18.6. The van der Waals surface area contributed by atoms with Crippen molar-refractivity contribution in [3.63, 3.8) is 0 Å². The predicted octanol–water partition coefficient (Wildman–Crippen LogP) is -1.06. The van der Waals surface area contributed by atoms with Crippen molar-refractivity contribution in [3.05, 3.63) is 36.0 Å². The van der Waals surface area contributed by atoms with Crippen molar-refractivity contribution in [2.24, 2.45) is 5.73 Å². The molecular formula is C24H31N5O8. The monoisotopic (exact) mass is 517 g/mol. The smallest absolute Gasteiger partial charge is 0.326 e. The first-order valence-electron chi connectivity index (χ1n) is 11.8. The third kappa shape index (κ3) is 6.62. The van der Waals surface area contributed by atoms with Crippen molar-refractivity contribution in [2.75, 3.05) is 6.54 Å². The first-order chi connectivity index (χ1) is 17.5. The number of aliphatic carboxylic acids is 2. The number of carboxylic acid groups (broad SMARTS) is 2. The lowest BCUT2D eigenvalue weighted by molar-refractivity contribution is -0.147. The number of carboxylic acids is 2. The Morgan fingerprint density at radius 2 is 1.84 bits per heavy atom. The lowest BCUT2D eigenvalue weighted by Crippen LogP contribution is -2.58. The largest absolute Gasteiger partial charge is 0.481 e. The summed E-state index contributed by atoms with van der Waals surface area (Å²) < 4.78 is 0. The van der Waals surface area contributed by atoms with Gasteiger partial charge in [0.25, 0.3) is 0 Å². The molecule has 1 fully saturated rings. The molecule has 1 aromatic heterocycles. The number of carbonyl (C=O) groups excluding carboxylic acids is 3. The van der Waals surface area contributed by atoms with E-state index >= 15 is 0 Å². The van der Waals surface area contributed by atoms with Crippen molar-refractivity contribution in [1.29, 1.82) is 0 Å². The number of benzene rings is 1. The summed E-state index contributed by atoms with van der Waals surface area (Å²) in [5.74, 6) is -5.08. The summed E-state index contributed by atoms with van der Waals surface area (Å²) in [6.07, 6.45) is 0.471. The zero-order valence-electron chi connectivity index (χ0n) is 20.2. The quantitative estimate of drug-likeness (QED) is 0.193. The highest BCUT2D eigenvalue weighted by molar-refractivity contribution is 5.95. The highest BCUT2D eigenvalue weighted by Crippen LogP contribution is 2.21. The second-order valence-electron chi connectivity index (χ2n) is 9.08. The summed E-state index contributed by atoms with van der Waals surface area (Å²) in [7, 11) is 0. The van der Waals surface area contributed by atoms with E-state index in [2.05, 4.69) is 15.6 Å². The van der Waals surface area contributed by atoms with E-state index < -0.39 is 66.4 Å². The number of nitrogens with one attached hydrogen (secondary N) is 3. The van der Waals surface area contributed by atoms with E-state index in [-0.39, 0.29) is 13.0 Å². The second-order valence-corrected chi connectivity index (χ2v) is 9.08. The fourth-order valence-corrected chi connectivity index (χ4v) is 4.35. The minimum atomic E-state index is -1.71. The number of amides is 3. The molecule has 13 nitrogen and oxygen atoms in total. The van der Waals surface area contributed by atoms with Crippen LogP contribution in [0.3, 0.4) is 0 Å². The summed E-state index contributed by atoms with van der Waals surface area (Å²) >= 11 is 0. The molecule has 1 aliphatic heterocycles. The van der Waals surface area contributed by atoms with E-state index in [9.17, 15) is 34.2 Å². The Bertz CT molecular complexity index is 1180. The molecule has 2 heterocycles. The molecule has 1 aliphatic rings. The second kappa shape index (κ2) is 11.8. The van der Waals surface area contributed by atoms with Crippen LogP contribution in [0.5, 0.6) is 0 Å². The minimum absolute atomic E-state index is 0.0329. The minimum Gasteiger partial charge on any atom is -0.481 e. The highest BCUT2D eigenvalue weighted by atomic mass is 16.4. The van der Waals surface area contributed by atoms with Gasteiger partial charge in [-0.05, 0) is 31.4 Å². The Labute approximate surface area is 212 Å². The Balaban J connectivity index is 1.84. The average molecular weight is 518 g/mol. The van der Waals surface area contributed by atoms with E-state index in [0.717, 1.165) is 10.9 Å². The van der Waals surface area contributed by atoms with Crippen LogP contribution in [-0.4, -0.2) is 91.7 Å². The van der Waals surface area contributed by atoms with E-state index in [4.69, 9.17) is 10.8 Å². The van der Waals surface area contributed by atoms with Crippen LogP contribution in [0.25, 0.3) is 10.9 Å². The van der Waals surface area contributed by atoms with Gasteiger partial charge in [-0.15, -0.1) is 0 Å². The number of aromatic amines is 1. The zero-order valence-corrected chi connectivity index (χ0v) is 20.2. The lowest BCUT2D eigenvalue weighted by atomic mass is 10.0. The molecule has 3 rings (SSSR count). The number of carbonyl (C=O) groups is 5. The average Bonchev–Trinajstić information content (AvgIpc) is 3.49. The van der Waals surface area contributed by atoms with Crippen molar-refractivity contribution in [1.82, 2.24) is 20.5 Å². The third-order valence-electron chi connectivity index (χ3n) is 6.37. The zero-order chi connectivity index (χ0) is 27.3. The van der Waals surface area contributed by atoms with Crippen LogP contribution in [0, 0.1) is 0 Å². The fourth-order valence-electron chi connectivity index (χ4n) is 4.35. The number of nitrogens with zero attached hydrogens (tertiary/aromatic N) is 1. The van der Waals surface area contributed by atoms with Crippen LogP contribution in [-0.2, 0) is 30.4 Å². The first kappa shape index (κ1) is 27.6. The summed E-state index contributed by atoms with van der Waals surface area (Å²) in [6.45, 7) is 1.61. The van der Waals surface area contributed by atoms with Gasteiger partial charge in [-0.2, -0.15) is 0 Å². The van der Waals surface area contributed by atoms with E-state index in [1.165, 1.54) is 11.8 Å². The van der Waals surface area contributed by atoms with Crippen LogP contribution in [0.4, 0.5) is 0 Å². The maximum absolute atomic E-state index is 13.3. The SMILES string of the molecule is CC(O)C(N)C(=O)N1CCCC1C(=O)NC(Cc1c[nH]c2ccccc12)C(=O)NC(CC(=O)O)C(=O)O. The predicted molar refractivity (Wildman–Crippen MR) is 130 cm³/mol. The topological polar surface area (TPSA) is 215 Å². The number of aliphatic hydroxyl groups is 1. The summed E-state index contributed by atoms with van der Waals surface area (Å²) in [5, 5.41) is 33.6. The highest BCUT2D eigenvalue weighted by Gasteiger charge is 2.39.